The second-order valence-electron chi connectivity index (χ2n) is 2.25. The molecule has 0 unspecified atom stereocenters. The van der Waals surface area contributed by atoms with E-state index in [2.05, 4.69) is 25.3 Å². The molecule has 2 heterocycles. The lowest BCUT2D eigenvalue weighted by Gasteiger charge is -1.75. The molecule has 0 saturated heterocycles. The number of hydrogen-bond acceptors (Lipinski definition) is 4. The second-order valence-corrected chi connectivity index (χ2v) is 5.80. The number of furan rings is 2. The molecule has 0 amide bonds. The molecule has 2 nitrogen and oxygen atoms in total. The summed E-state index contributed by atoms with van der Waals surface area (Å²) in [5, 5.41) is 1.29. The van der Waals surface area contributed by atoms with Crippen LogP contribution in [-0.2, 0) is 0 Å². The fraction of sp³-hybridized carbons (Fsp3) is 0. The molecule has 0 saturated carbocycles. The van der Waals surface area contributed by atoms with E-state index >= 15 is 0 Å². The van der Waals surface area contributed by atoms with E-state index in [0.29, 0.717) is 10.2 Å². The van der Waals surface area contributed by atoms with E-state index < -0.39 is 0 Å². The van der Waals surface area contributed by atoms with Crippen LogP contribution < -0.4 is 21.2 Å². The first-order chi connectivity index (χ1) is 6.24. The van der Waals surface area contributed by atoms with Crippen molar-refractivity contribution in [1.29, 1.82) is 0 Å². The van der Waals surface area contributed by atoms with E-state index in [4.69, 9.17) is 8.83 Å². The van der Waals surface area contributed by atoms with Crippen LogP contribution in [0.5, 0.6) is 0 Å². The summed E-state index contributed by atoms with van der Waals surface area (Å²) in [6.07, 6.45) is 0. The highest BCUT2D eigenvalue weighted by Crippen LogP contribution is 2.05. The maximum atomic E-state index is 5.32. The Kier molecular flexibility index (Phi) is 2.95. The monoisotopic (exact) mass is 325 g/mol. The third-order valence-electron chi connectivity index (χ3n) is 1.30. The van der Waals surface area contributed by atoms with Crippen molar-refractivity contribution in [2.75, 3.05) is 0 Å². The topological polar surface area (TPSA) is 26.3 Å². The van der Waals surface area contributed by atoms with Gasteiger partial charge in [-0.2, -0.15) is 0 Å². The average Bonchev–Trinajstić information content (AvgIpc) is 2.62. The minimum atomic E-state index is -0.361. The third kappa shape index (κ3) is 2.47. The van der Waals surface area contributed by atoms with Crippen molar-refractivity contribution in [3.05, 3.63) is 31.8 Å². The predicted octanol–water partition coefficient (Wildman–Crippen LogP) is -0.422. The van der Waals surface area contributed by atoms with Gasteiger partial charge in [0.2, 0.25) is 0 Å². The zero-order chi connectivity index (χ0) is 9.26. The Morgan fingerprint density at radius 1 is 0.846 bits per heavy atom. The van der Waals surface area contributed by atoms with Gasteiger partial charge in [0, 0.05) is 12.1 Å². The van der Waals surface area contributed by atoms with Gasteiger partial charge in [0.1, 0.15) is 0 Å². The molecule has 0 aliphatic carbocycles. The van der Waals surface area contributed by atoms with Gasteiger partial charge in [0.25, 0.3) is 0 Å². The van der Waals surface area contributed by atoms with Crippen molar-refractivity contribution in [2.24, 2.45) is 0 Å². The zero-order valence-electron chi connectivity index (χ0n) is 6.40. The van der Waals surface area contributed by atoms with Gasteiger partial charge in [0.15, 0.2) is 10.2 Å². The molecule has 0 aliphatic rings. The highest BCUT2D eigenvalue weighted by molar-refractivity contribution is 7.80. The van der Waals surface area contributed by atoms with Crippen molar-refractivity contribution < 1.29 is 30.0 Å². The molecule has 0 fully saturated rings. The standard InChI is InChI=1S/C8H5IO2S2/c12-7-3-1-5(10-7)9-6-2-4-8(13)11-6/h1-4H,(H-,12,13)/p+1. The van der Waals surface area contributed by atoms with Crippen molar-refractivity contribution >= 4 is 25.3 Å². The molecule has 2 aromatic rings. The average molecular weight is 325 g/mol. The van der Waals surface area contributed by atoms with Crippen LogP contribution in [0.2, 0.25) is 0 Å². The summed E-state index contributed by atoms with van der Waals surface area (Å²) >= 11 is 7.80. The first kappa shape index (κ1) is 9.54. The van der Waals surface area contributed by atoms with Crippen molar-refractivity contribution in [3.8, 4) is 0 Å². The SMILES string of the molecule is Sc1ccc([I+]c2ccc(S)o2)o1. The van der Waals surface area contributed by atoms with E-state index in [-0.39, 0.29) is 21.2 Å². The largest absolute Gasteiger partial charge is 0.443 e. The molecule has 13 heavy (non-hydrogen) atoms. The van der Waals surface area contributed by atoms with Crippen molar-refractivity contribution in [3.63, 3.8) is 0 Å². The molecule has 0 bridgehead atoms. The lowest BCUT2D eigenvalue weighted by molar-refractivity contribution is -0.638. The summed E-state index contributed by atoms with van der Waals surface area (Å²) in [7, 11) is 0. The molecule has 0 aliphatic heterocycles. The van der Waals surface area contributed by atoms with Gasteiger partial charge in [0.05, 0.1) is 0 Å². The summed E-state index contributed by atoms with van der Waals surface area (Å²) in [6.45, 7) is 0. The fourth-order valence-electron chi connectivity index (χ4n) is 0.803. The normalized spacial score (nSPS) is 10.6. The molecule has 0 spiro atoms. The maximum absolute atomic E-state index is 5.32. The predicted molar refractivity (Wildman–Crippen MR) is 49.3 cm³/mol. The summed E-state index contributed by atoms with van der Waals surface area (Å²) < 4.78 is 12.6. The molecule has 68 valence electrons. The van der Waals surface area contributed by atoms with Crippen LogP contribution in [0.3, 0.4) is 0 Å². The molecule has 2 rings (SSSR count). The van der Waals surface area contributed by atoms with Gasteiger partial charge in [-0.15, -0.1) is 25.3 Å². The Bertz CT molecular complexity index is 369. The lowest BCUT2D eigenvalue weighted by Crippen LogP contribution is -3.61. The summed E-state index contributed by atoms with van der Waals surface area (Å²) in [6, 6.07) is 7.53. The van der Waals surface area contributed by atoms with Gasteiger partial charge in [-0.05, 0) is 12.1 Å². The van der Waals surface area contributed by atoms with Gasteiger partial charge < -0.3 is 8.83 Å². The van der Waals surface area contributed by atoms with Crippen molar-refractivity contribution in [1.82, 2.24) is 0 Å². The smallest absolute Gasteiger partial charge is 0.412 e. The minimum absolute atomic E-state index is 0.361. The molecule has 5 heteroatoms. The van der Waals surface area contributed by atoms with Gasteiger partial charge in [-0.1, -0.05) is 0 Å². The Labute approximate surface area is 96.8 Å². The molecular formula is C8H6IO2S2+. The fourth-order valence-corrected chi connectivity index (χ4v) is 3.43. The molecule has 0 radical (unpaired) electrons. The first-order valence-electron chi connectivity index (χ1n) is 3.46. The number of thiol groups is 2. The quantitative estimate of drug-likeness (QED) is 0.580. The molecule has 0 aromatic carbocycles. The van der Waals surface area contributed by atoms with Crippen LogP contribution in [0.25, 0.3) is 0 Å². The van der Waals surface area contributed by atoms with Crippen LogP contribution in [0.1, 0.15) is 0 Å². The zero-order valence-corrected chi connectivity index (χ0v) is 10.3. The molecule has 2 aromatic heterocycles. The second kappa shape index (κ2) is 4.02. The lowest BCUT2D eigenvalue weighted by atomic mass is 10.7. The first-order valence-corrected chi connectivity index (χ1v) is 6.51. The molecule has 0 atom stereocenters. The molecule has 0 N–H and O–H groups in total. The minimum Gasteiger partial charge on any atom is -0.412 e. The van der Waals surface area contributed by atoms with Crippen LogP contribution >= 0.6 is 25.3 Å². The maximum Gasteiger partial charge on any atom is 0.443 e. The van der Waals surface area contributed by atoms with E-state index in [9.17, 15) is 0 Å². The Morgan fingerprint density at radius 2 is 1.31 bits per heavy atom. The van der Waals surface area contributed by atoms with E-state index in [1.165, 1.54) is 0 Å². The number of hydrogen-bond donors (Lipinski definition) is 2. The summed E-state index contributed by atoms with van der Waals surface area (Å²) in [5.41, 5.74) is 0. The van der Waals surface area contributed by atoms with Crippen LogP contribution in [0.4, 0.5) is 0 Å². The Hall–Kier alpha value is -0.0100. The number of halogens is 1. The summed E-state index contributed by atoms with van der Waals surface area (Å²) in [5.74, 6) is 0. The van der Waals surface area contributed by atoms with Crippen LogP contribution in [0, 0.1) is 7.53 Å². The van der Waals surface area contributed by atoms with Gasteiger partial charge >= 0.3 is 28.7 Å². The van der Waals surface area contributed by atoms with E-state index in [1.807, 2.05) is 24.3 Å². The van der Waals surface area contributed by atoms with Crippen LogP contribution in [-0.4, -0.2) is 0 Å². The van der Waals surface area contributed by atoms with Gasteiger partial charge in [-0.3, -0.25) is 0 Å². The Balaban J connectivity index is 2.14. The highest BCUT2D eigenvalue weighted by atomic mass is 127. The third-order valence-corrected chi connectivity index (χ3v) is 4.01. The van der Waals surface area contributed by atoms with E-state index in [0.717, 1.165) is 7.53 Å². The Morgan fingerprint density at radius 3 is 1.62 bits per heavy atom. The number of rotatable bonds is 2. The van der Waals surface area contributed by atoms with Crippen LogP contribution in [0.15, 0.2) is 43.3 Å². The highest BCUT2D eigenvalue weighted by Gasteiger charge is 2.23. The van der Waals surface area contributed by atoms with Crippen molar-refractivity contribution in [2.45, 2.75) is 10.2 Å². The summed E-state index contributed by atoms with van der Waals surface area (Å²) in [4.78, 5) is 0. The molecular weight excluding hydrogens is 319 g/mol. The van der Waals surface area contributed by atoms with E-state index in [1.54, 1.807) is 0 Å². The van der Waals surface area contributed by atoms with Gasteiger partial charge in [-0.25, -0.2) is 0 Å².